The number of carbonyl (C=O) groups is 2. The Morgan fingerprint density at radius 3 is 2.42 bits per heavy atom. The Morgan fingerprint density at radius 1 is 1.05 bits per heavy atom. The average Bonchev–Trinajstić information content (AvgIpc) is 3.72. The van der Waals surface area contributed by atoms with E-state index in [1.54, 1.807) is 0 Å². The van der Waals surface area contributed by atoms with Crippen LogP contribution in [0, 0.1) is 13.8 Å². The van der Waals surface area contributed by atoms with Crippen molar-refractivity contribution < 1.29 is 14.3 Å². The monoisotopic (exact) mass is 642 g/mol. The maximum absolute atomic E-state index is 13.5. The first-order valence-electron chi connectivity index (χ1n) is 15.2. The number of aryl methyl sites for hydroxylation is 2. The number of Topliss-reactive ketones (excluding diaryl/α,β-unsaturated/α-hetero) is 1. The number of ether oxygens (including phenoxy) is 1. The number of rotatable bonds is 5. The lowest BCUT2D eigenvalue weighted by atomic mass is 9.85. The summed E-state index contributed by atoms with van der Waals surface area (Å²) < 4.78 is 5.90. The molecule has 3 aromatic rings. The Bertz CT molecular complexity index is 1910. The van der Waals surface area contributed by atoms with E-state index in [1.807, 2.05) is 6.92 Å². The van der Waals surface area contributed by atoms with Crippen molar-refractivity contribution in [2.45, 2.75) is 91.9 Å². The van der Waals surface area contributed by atoms with Gasteiger partial charge in [0, 0.05) is 46.8 Å². The summed E-state index contributed by atoms with van der Waals surface area (Å²) >= 11 is 3.97. The molecule has 2 atom stereocenters. The van der Waals surface area contributed by atoms with Gasteiger partial charge in [-0.15, -0.1) is 0 Å². The first-order valence-corrected chi connectivity index (χ1v) is 16.0. The number of esters is 1. The summed E-state index contributed by atoms with van der Waals surface area (Å²) in [5.41, 5.74) is 14.9. The lowest BCUT2D eigenvalue weighted by Gasteiger charge is -2.17. The highest BCUT2D eigenvalue weighted by Gasteiger charge is 2.37. The zero-order chi connectivity index (χ0) is 30.9. The smallest absolute Gasteiger partial charge is 0.305 e. The van der Waals surface area contributed by atoms with Gasteiger partial charge in [0.05, 0.1) is 45.4 Å². The summed E-state index contributed by atoms with van der Waals surface area (Å²) in [6.45, 7) is 15.1. The zero-order valence-corrected chi connectivity index (χ0v) is 27.8. The minimum absolute atomic E-state index is 0.0179. The van der Waals surface area contributed by atoms with E-state index in [4.69, 9.17) is 14.7 Å². The van der Waals surface area contributed by atoms with Crippen LogP contribution in [0.15, 0.2) is 16.6 Å². The molecule has 2 N–H and O–H groups in total. The molecule has 2 aliphatic heterocycles. The van der Waals surface area contributed by atoms with Gasteiger partial charge in [-0.3, -0.25) is 14.6 Å². The number of aromatic nitrogens is 4. The molecular weight excluding hydrogens is 604 g/mol. The summed E-state index contributed by atoms with van der Waals surface area (Å²) in [6.07, 6.45) is 2.02. The number of halogens is 1. The molecule has 0 unspecified atom stereocenters. The van der Waals surface area contributed by atoms with Crippen LogP contribution >= 0.6 is 15.9 Å². The van der Waals surface area contributed by atoms with Gasteiger partial charge in [-0.2, -0.15) is 0 Å². The number of nitrogens with one attached hydrogen (secondary N) is 2. The molecule has 0 aromatic carbocycles. The molecule has 224 valence electrons. The second-order valence-electron chi connectivity index (χ2n) is 12.4. The van der Waals surface area contributed by atoms with Crippen LogP contribution in [0.25, 0.3) is 33.2 Å². The van der Waals surface area contributed by atoms with Crippen molar-refractivity contribution in [3.8, 4) is 0 Å². The third-order valence-corrected chi connectivity index (χ3v) is 10.5. The van der Waals surface area contributed by atoms with Gasteiger partial charge >= 0.3 is 5.97 Å². The maximum atomic E-state index is 13.5. The maximum Gasteiger partial charge on any atom is 0.305 e. The number of carbonyl (C=O) groups excluding carboxylic acids is 2. The molecule has 0 amide bonds. The number of fused-ring (bicyclic) bond motifs is 8. The lowest BCUT2D eigenvalue weighted by Crippen LogP contribution is -2.09. The van der Waals surface area contributed by atoms with Crippen molar-refractivity contribution in [2.24, 2.45) is 0 Å². The van der Waals surface area contributed by atoms with Crippen molar-refractivity contribution in [2.75, 3.05) is 7.11 Å². The standard InChI is InChI=1S/C35H39BrN4O3/c1-9-20-16(4)23-14-26-29(15(2)3)19(7)33(39-26)31(36)32-17(5)21(10-11-28(42)43-8)34(40-32)22-12-27(41)30-18(6)24(38-35(22)30)13-25(20)37-23/h13-15,17,21,38-39H,9-12H2,1-8H3/t17-,21-/m0/s1. The van der Waals surface area contributed by atoms with E-state index in [9.17, 15) is 9.59 Å². The van der Waals surface area contributed by atoms with Crippen LogP contribution in [0.4, 0.5) is 0 Å². The van der Waals surface area contributed by atoms with Gasteiger partial charge < -0.3 is 14.7 Å². The molecule has 0 spiro atoms. The Kier molecular flexibility index (Phi) is 7.48. The van der Waals surface area contributed by atoms with Crippen molar-refractivity contribution in [1.82, 2.24) is 19.9 Å². The molecule has 7 nitrogen and oxygen atoms in total. The van der Waals surface area contributed by atoms with E-state index < -0.39 is 0 Å². The number of allylic oxidation sites excluding steroid dienone is 2. The number of hydrogen-bond acceptors (Lipinski definition) is 5. The van der Waals surface area contributed by atoms with Crippen molar-refractivity contribution in [3.05, 3.63) is 67.2 Å². The first kappa shape index (κ1) is 29.5. The number of hydrogen-bond donors (Lipinski definition) is 2. The molecule has 0 saturated heterocycles. The van der Waals surface area contributed by atoms with E-state index in [0.29, 0.717) is 18.8 Å². The number of methoxy groups -OCH3 is 1. The van der Waals surface area contributed by atoms with Gasteiger partial charge in [0.2, 0.25) is 0 Å². The zero-order valence-electron chi connectivity index (χ0n) is 26.2. The molecule has 43 heavy (non-hydrogen) atoms. The Morgan fingerprint density at radius 2 is 1.74 bits per heavy atom. The van der Waals surface area contributed by atoms with E-state index in [2.05, 4.69) is 79.6 Å². The highest BCUT2D eigenvalue weighted by Crippen LogP contribution is 2.47. The van der Waals surface area contributed by atoms with Crippen molar-refractivity contribution in [3.63, 3.8) is 0 Å². The molecule has 3 aromatic heterocycles. The third kappa shape index (κ3) is 4.60. The fourth-order valence-corrected chi connectivity index (χ4v) is 8.22. The molecule has 3 aliphatic rings. The van der Waals surface area contributed by atoms with Crippen LogP contribution < -0.4 is 0 Å². The van der Waals surface area contributed by atoms with Gasteiger partial charge in [0.25, 0.3) is 0 Å². The minimum Gasteiger partial charge on any atom is -0.469 e. The Balaban J connectivity index is 1.78. The van der Waals surface area contributed by atoms with E-state index >= 15 is 0 Å². The Hall–Kier alpha value is -3.52. The number of aromatic amines is 2. The molecule has 1 aliphatic carbocycles. The number of ketones is 1. The topological polar surface area (TPSA) is 101 Å². The molecule has 5 heterocycles. The predicted octanol–water partition coefficient (Wildman–Crippen LogP) is 8.74. The molecular formula is C35H39BrN4O3. The fourth-order valence-electron chi connectivity index (χ4n) is 7.38. The highest BCUT2D eigenvalue weighted by atomic mass is 79.9. The summed E-state index contributed by atoms with van der Waals surface area (Å²) in [5.74, 6) is 0.126. The van der Waals surface area contributed by atoms with Gasteiger partial charge in [-0.05, 0) is 95.4 Å². The number of H-pyrrole nitrogens is 2. The SMILES string of the molecule is CCC1=C(C)c2cc3[nH]c(c(C)c3C(C)C)c(Br)c3nc(c4c5[nH]c(cc1n2)c(C)c5C(=O)C4)[C@@H](CCC(=O)OC)[C@@H]3C. The fraction of sp³-hybridized carbons (Fsp3) is 0.429. The van der Waals surface area contributed by atoms with Gasteiger partial charge in [0.1, 0.15) is 0 Å². The summed E-state index contributed by atoms with van der Waals surface area (Å²) in [5, 5.41) is 0. The Labute approximate surface area is 260 Å². The highest BCUT2D eigenvalue weighted by molar-refractivity contribution is 9.10. The van der Waals surface area contributed by atoms with Crippen LogP contribution in [0.1, 0.15) is 127 Å². The van der Waals surface area contributed by atoms with Gasteiger partial charge in [-0.1, -0.05) is 27.7 Å². The number of nitrogens with zero attached hydrogens (tertiary/aromatic N) is 2. The van der Waals surface area contributed by atoms with Crippen LogP contribution in [-0.4, -0.2) is 38.8 Å². The normalized spacial score (nSPS) is 17.9. The van der Waals surface area contributed by atoms with Crippen molar-refractivity contribution >= 4 is 60.9 Å². The minimum atomic E-state index is -0.243. The summed E-state index contributed by atoms with van der Waals surface area (Å²) in [4.78, 5) is 43.5. The summed E-state index contributed by atoms with van der Waals surface area (Å²) in [6, 6.07) is 4.27. The van der Waals surface area contributed by atoms with Crippen LogP contribution in [0.5, 0.6) is 0 Å². The summed E-state index contributed by atoms with van der Waals surface area (Å²) in [7, 11) is 1.42. The molecule has 0 radical (unpaired) electrons. The van der Waals surface area contributed by atoms with E-state index in [1.165, 1.54) is 29.4 Å². The van der Waals surface area contributed by atoms with Crippen LogP contribution in [0.2, 0.25) is 0 Å². The average molecular weight is 644 g/mol. The second-order valence-corrected chi connectivity index (χ2v) is 13.2. The molecule has 0 saturated carbocycles. The first-order chi connectivity index (χ1) is 20.5. The van der Waals surface area contributed by atoms with E-state index in [0.717, 1.165) is 72.4 Å². The van der Waals surface area contributed by atoms with E-state index in [-0.39, 0.29) is 30.0 Å². The van der Waals surface area contributed by atoms with Crippen LogP contribution in [-0.2, 0) is 16.0 Å². The van der Waals surface area contributed by atoms with Crippen LogP contribution in [0.3, 0.4) is 0 Å². The van der Waals surface area contributed by atoms with Gasteiger partial charge in [0.15, 0.2) is 5.78 Å². The largest absolute Gasteiger partial charge is 0.469 e. The third-order valence-electron chi connectivity index (χ3n) is 9.68. The van der Waals surface area contributed by atoms with Gasteiger partial charge in [-0.25, -0.2) is 4.98 Å². The predicted molar refractivity (Wildman–Crippen MR) is 175 cm³/mol. The lowest BCUT2D eigenvalue weighted by molar-refractivity contribution is -0.140. The van der Waals surface area contributed by atoms with Crippen molar-refractivity contribution in [1.29, 1.82) is 0 Å². The quantitative estimate of drug-likeness (QED) is 0.271. The molecule has 0 fully saturated rings. The molecule has 8 bridgehead atoms. The molecule has 6 rings (SSSR count). The second kappa shape index (κ2) is 10.9. The molecule has 8 heteroatoms.